The highest BCUT2D eigenvalue weighted by molar-refractivity contribution is 9.10. The molecule has 0 bridgehead atoms. The van der Waals surface area contributed by atoms with Crippen LogP contribution >= 0.6 is 15.9 Å². The van der Waals surface area contributed by atoms with Crippen LogP contribution in [-0.4, -0.2) is 15.7 Å². The first-order valence-electron chi connectivity index (χ1n) is 3.81. The summed E-state index contributed by atoms with van der Waals surface area (Å²) in [5.41, 5.74) is 0.196. The number of nitrogens with zero attached hydrogens (tertiary/aromatic N) is 1. The summed E-state index contributed by atoms with van der Waals surface area (Å²) in [4.78, 5) is 4.16. The lowest BCUT2D eigenvalue weighted by molar-refractivity contribution is 0.0797. The predicted molar refractivity (Wildman–Crippen MR) is 51.9 cm³/mol. The Bertz CT molecular complexity index is 267. The van der Waals surface area contributed by atoms with E-state index in [2.05, 4.69) is 20.9 Å². The van der Waals surface area contributed by atoms with Crippen LogP contribution in [0.5, 0.6) is 0 Å². The van der Waals surface area contributed by atoms with Crippen molar-refractivity contribution in [3.8, 4) is 0 Å². The molecule has 0 amide bonds. The van der Waals surface area contributed by atoms with E-state index in [9.17, 15) is 5.11 Å². The summed E-state index contributed by atoms with van der Waals surface area (Å²) in [5.74, 6) is 0. The highest BCUT2D eigenvalue weighted by Gasteiger charge is 2.15. The second kappa shape index (κ2) is 3.54. The van der Waals surface area contributed by atoms with E-state index in [4.69, 9.17) is 0 Å². The fourth-order valence-electron chi connectivity index (χ4n) is 0.958. The van der Waals surface area contributed by atoms with Crippen molar-refractivity contribution in [3.05, 3.63) is 28.5 Å². The summed E-state index contributed by atoms with van der Waals surface area (Å²) in [6.45, 7) is 3.54. The molecule has 0 aliphatic carbocycles. The van der Waals surface area contributed by atoms with E-state index in [1.807, 2.05) is 12.1 Å². The van der Waals surface area contributed by atoms with Crippen LogP contribution < -0.4 is 0 Å². The molecule has 0 saturated carbocycles. The molecule has 0 spiro atoms. The van der Waals surface area contributed by atoms with Gasteiger partial charge in [0.15, 0.2) is 0 Å². The fraction of sp³-hybridized carbons (Fsp3) is 0.444. The minimum Gasteiger partial charge on any atom is -0.390 e. The number of aromatic nitrogens is 1. The Kier molecular flexibility index (Phi) is 2.85. The molecule has 1 aromatic rings. The number of hydrogen-bond acceptors (Lipinski definition) is 2. The molecule has 0 fully saturated rings. The van der Waals surface area contributed by atoms with Crippen LogP contribution in [0, 0.1) is 0 Å². The van der Waals surface area contributed by atoms with Crippen molar-refractivity contribution in [1.82, 2.24) is 4.98 Å². The summed E-state index contributed by atoms with van der Waals surface area (Å²) in [6, 6.07) is 3.78. The van der Waals surface area contributed by atoms with Crippen molar-refractivity contribution in [3.63, 3.8) is 0 Å². The third-order valence-corrected chi connectivity index (χ3v) is 2.16. The second-order valence-electron chi connectivity index (χ2n) is 3.42. The third kappa shape index (κ3) is 2.91. The molecule has 0 saturated heterocycles. The molecule has 1 aromatic heterocycles. The summed E-state index contributed by atoms with van der Waals surface area (Å²) >= 11 is 3.38. The van der Waals surface area contributed by atoms with E-state index in [0.29, 0.717) is 6.42 Å². The van der Waals surface area contributed by atoms with Gasteiger partial charge < -0.3 is 5.11 Å². The maximum absolute atomic E-state index is 9.53. The molecule has 0 atom stereocenters. The molecular weight excluding hydrogens is 218 g/mol. The second-order valence-corrected chi connectivity index (χ2v) is 4.28. The molecule has 1 rings (SSSR count). The van der Waals surface area contributed by atoms with E-state index in [1.165, 1.54) is 0 Å². The molecule has 0 unspecified atom stereocenters. The average molecular weight is 230 g/mol. The van der Waals surface area contributed by atoms with Crippen molar-refractivity contribution in [2.45, 2.75) is 25.9 Å². The Hall–Kier alpha value is -0.410. The van der Waals surface area contributed by atoms with Gasteiger partial charge in [-0.2, -0.15) is 0 Å². The van der Waals surface area contributed by atoms with Crippen LogP contribution in [0.25, 0.3) is 0 Å². The van der Waals surface area contributed by atoms with Crippen LogP contribution in [0.2, 0.25) is 0 Å². The number of rotatable bonds is 2. The van der Waals surface area contributed by atoms with Crippen molar-refractivity contribution < 1.29 is 5.11 Å². The molecule has 0 aliphatic heterocycles. The fourth-order valence-corrected chi connectivity index (χ4v) is 1.35. The van der Waals surface area contributed by atoms with Gasteiger partial charge in [-0.05, 0) is 41.9 Å². The van der Waals surface area contributed by atoms with Gasteiger partial charge in [-0.3, -0.25) is 4.98 Å². The van der Waals surface area contributed by atoms with Crippen molar-refractivity contribution in [2.24, 2.45) is 0 Å². The third-order valence-electron chi connectivity index (χ3n) is 1.43. The minimum atomic E-state index is -0.698. The average Bonchev–Trinajstić information content (AvgIpc) is 1.91. The Balaban J connectivity index is 2.83. The SMILES string of the molecule is CC(C)(O)Cc1ncccc1Br. The topological polar surface area (TPSA) is 33.1 Å². The lowest BCUT2D eigenvalue weighted by Crippen LogP contribution is -2.22. The highest BCUT2D eigenvalue weighted by atomic mass is 79.9. The van der Waals surface area contributed by atoms with Crippen molar-refractivity contribution >= 4 is 15.9 Å². The van der Waals surface area contributed by atoms with E-state index < -0.39 is 5.60 Å². The molecule has 1 N–H and O–H groups in total. The molecule has 2 nitrogen and oxygen atoms in total. The van der Waals surface area contributed by atoms with Crippen molar-refractivity contribution in [2.75, 3.05) is 0 Å². The lowest BCUT2D eigenvalue weighted by Gasteiger charge is -2.16. The minimum absolute atomic E-state index is 0.564. The normalized spacial score (nSPS) is 11.7. The zero-order valence-corrected chi connectivity index (χ0v) is 8.80. The van der Waals surface area contributed by atoms with Gasteiger partial charge in [0, 0.05) is 17.1 Å². The van der Waals surface area contributed by atoms with Gasteiger partial charge >= 0.3 is 0 Å². The van der Waals surface area contributed by atoms with E-state index in [0.717, 1.165) is 10.2 Å². The largest absolute Gasteiger partial charge is 0.390 e. The van der Waals surface area contributed by atoms with Crippen LogP contribution in [0.1, 0.15) is 19.5 Å². The molecule has 12 heavy (non-hydrogen) atoms. The first-order valence-corrected chi connectivity index (χ1v) is 4.60. The molecule has 66 valence electrons. The maximum atomic E-state index is 9.53. The summed E-state index contributed by atoms with van der Waals surface area (Å²) < 4.78 is 0.951. The Morgan fingerprint density at radius 1 is 1.58 bits per heavy atom. The first-order chi connectivity index (χ1) is 5.49. The van der Waals surface area contributed by atoms with Gasteiger partial charge in [-0.15, -0.1) is 0 Å². The molecule has 3 heteroatoms. The number of pyridine rings is 1. The quantitative estimate of drug-likeness (QED) is 0.844. The number of aliphatic hydroxyl groups is 1. The smallest absolute Gasteiger partial charge is 0.0647 e. The van der Waals surface area contributed by atoms with Crippen LogP contribution in [0.4, 0.5) is 0 Å². The van der Waals surface area contributed by atoms with Gasteiger partial charge in [-0.25, -0.2) is 0 Å². The molecule has 0 radical (unpaired) electrons. The summed E-state index contributed by atoms with van der Waals surface area (Å²) in [7, 11) is 0. The van der Waals surface area contributed by atoms with Gasteiger partial charge in [-0.1, -0.05) is 0 Å². The molecule has 1 heterocycles. The van der Waals surface area contributed by atoms with Crippen LogP contribution in [0.15, 0.2) is 22.8 Å². The predicted octanol–water partition coefficient (Wildman–Crippen LogP) is 2.16. The zero-order valence-electron chi connectivity index (χ0n) is 7.21. The number of halogens is 1. The number of hydrogen-bond donors (Lipinski definition) is 1. The standard InChI is InChI=1S/C9H12BrNO/c1-9(2,12)6-8-7(10)4-3-5-11-8/h3-5,12H,6H2,1-2H3. The molecule has 0 aromatic carbocycles. The molecular formula is C9H12BrNO. The first kappa shape index (κ1) is 9.68. The van der Waals surface area contributed by atoms with E-state index in [-0.39, 0.29) is 0 Å². The molecule has 0 aliphatic rings. The van der Waals surface area contributed by atoms with Gasteiger partial charge in [0.05, 0.1) is 11.3 Å². The van der Waals surface area contributed by atoms with Gasteiger partial charge in [0.25, 0.3) is 0 Å². The zero-order chi connectivity index (χ0) is 9.19. The van der Waals surface area contributed by atoms with Crippen LogP contribution in [0.3, 0.4) is 0 Å². The van der Waals surface area contributed by atoms with Crippen LogP contribution in [-0.2, 0) is 6.42 Å². The maximum Gasteiger partial charge on any atom is 0.0647 e. The van der Waals surface area contributed by atoms with E-state index >= 15 is 0 Å². The van der Waals surface area contributed by atoms with Gasteiger partial charge in [0.1, 0.15) is 0 Å². The Morgan fingerprint density at radius 3 is 2.75 bits per heavy atom. The van der Waals surface area contributed by atoms with E-state index in [1.54, 1.807) is 20.0 Å². The van der Waals surface area contributed by atoms with Crippen molar-refractivity contribution in [1.29, 1.82) is 0 Å². The Labute approximate surface area is 80.8 Å². The highest BCUT2D eigenvalue weighted by Crippen LogP contribution is 2.18. The van der Waals surface area contributed by atoms with Gasteiger partial charge in [0.2, 0.25) is 0 Å². The summed E-state index contributed by atoms with van der Waals surface area (Å²) in [5, 5.41) is 9.53. The Morgan fingerprint density at radius 2 is 2.25 bits per heavy atom. The monoisotopic (exact) mass is 229 g/mol. The lowest BCUT2D eigenvalue weighted by atomic mass is 10.0. The summed E-state index contributed by atoms with van der Waals surface area (Å²) in [6.07, 6.45) is 2.29.